The van der Waals surface area contributed by atoms with E-state index in [-0.39, 0.29) is 5.56 Å². The number of amides is 1. The lowest BCUT2D eigenvalue weighted by molar-refractivity contribution is -0.111. The Morgan fingerprint density at radius 1 is 1.36 bits per heavy atom. The van der Waals surface area contributed by atoms with Gasteiger partial charge in [0, 0.05) is 16.1 Å². The Kier molecular flexibility index (Phi) is 5.46. The van der Waals surface area contributed by atoms with E-state index in [9.17, 15) is 14.0 Å². The van der Waals surface area contributed by atoms with Crippen molar-refractivity contribution in [3.63, 3.8) is 0 Å². The van der Waals surface area contributed by atoms with Gasteiger partial charge in [0.15, 0.2) is 0 Å². The molecule has 7 heteroatoms. The van der Waals surface area contributed by atoms with Gasteiger partial charge in [-0.05, 0) is 35.7 Å². The maximum atomic E-state index is 13.5. The zero-order valence-corrected chi connectivity index (χ0v) is 13.8. The van der Waals surface area contributed by atoms with Gasteiger partial charge < -0.3 is 10.1 Å². The monoisotopic (exact) mass is 383 g/mol. The topological polar surface area (TPSA) is 55.4 Å². The van der Waals surface area contributed by atoms with E-state index < -0.39 is 17.7 Å². The van der Waals surface area contributed by atoms with Gasteiger partial charge in [0.1, 0.15) is 10.7 Å². The smallest absolute Gasteiger partial charge is 0.350 e. The molecule has 0 saturated heterocycles. The number of halogens is 2. The molecule has 22 heavy (non-hydrogen) atoms. The van der Waals surface area contributed by atoms with Crippen LogP contribution in [0.2, 0.25) is 0 Å². The fraction of sp³-hybridized carbons (Fsp3) is 0.0667. The van der Waals surface area contributed by atoms with Crippen LogP contribution in [0.1, 0.15) is 15.2 Å². The van der Waals surface area contributed by atoms with Gasteiger partial charge in [-0.25, -0.2) is 9.18 Å². The molecule has 0 radical (unpaired) electrons. The molecule has 0 spiro atoms. The molecule has 1 aromatic carbocycles. The Labute approximate surface area is 138 Å². The van der Waals surface area contributed by atoms with Gasteiger partial charge >= 0.3 is 5.97 Å². The van der Waals surface area contributed by atoms with Crippen LogP contribution in [0.25, 0.3) is 6.08 Å². The predicted octanol–water partition coefficient (Wildman–Crippen LogP) is 4.09. The first-order chi connectivity index (χ1) is 10.5. The van der Waals surface area contributed by atoms with Crippen molar-refractivity contribution in [2.24, 2.45) is 0 Å². The van der Waals surface area contributed by atoms with Crippen molar-refractivity contribution in [1.29, 1.82) is 0 Å². The van der Waals surface area contributed by atoms with Gasteiger partial charge in [-0.1, -0.05) is 15.9 Å². The maximum absolute atomic E-state index is 13.5. The molecule has 1 amide bonds. The van der Waals surface area contributed by atoms with Crippen LogP contribution in [0.15, 0.2) is 40.2 Å². The number of esters is 1. The van der Waals surface area contributed by atoms with Crippen LogP contribution >= 0.6 is 27.3 Å². The van der Waals surface area contributed by atoms with Crippen molar-refractivity contribution in [2.45, 2.75) is 0 Å². The van der Waals surface area contributed by atoms with E-state index in [0.717, 1.165) is 11.3 Å². The summed E-state index contributed by atoms with van der Waals surface area (Å²) < 4.78 is 18.9. The second-order valence-electron chi connectivity index (χ2n) is 4.14. The lowest BCUT2D eigenvalue weighted by Gasteiger charge is -2.03. The van der Waals surface area contributed by atoms with E-state index in [2.05, 4.69) is 26.0 Å². The van der Waals surface area contributed by atoms with Gasteiger partial charge in [0.05, 0.1) is 12.8 Å². The van der Waals surface area contributed by atoms with Crippen molar-refractivity contribution >= 4 is 50.9 Å². The molecule has 2 rings (SSSR count). The van der Waals surface area contributed by atoms with Gasteiger partial charge in [0.25, 0.3) is 0 Å². The van der Waals surface area contributed by atoms with Gasteiger partial charge in [-0.2, -0.15) is 0 Å². The Hall–Kier alpha value is -1.99. The van der Waals surface area contributed by atoms with Crippen LogP contribution in [0.5, 0.6) is 0 Å². The van der Waals surface area contributed by atoms with E-state index in [1.165, 1.54) is 25.3 Å². The average molecular weight is 384 g/mol. The number of benzene rings is 1. The summed E-state index contributed by atoms with van der Waals surface area (Å²) in [5.41, 5.74) is 0.643. The lowest BCUT2D eigenvalue weighted by atomic mass is 10.2. The summed E-state index contributed by atoms with van der Waals surface area (Å²) in [4.78, 5) is 23.7. The van der Waals surface area contributed by atoms with Gasteiger partial charge in [-0.15, -0.1) is 11.3 Å². The van der Waals surface area contributed by atoms with E-state index in [0.29, 0.717) is 15.0 Å². The van der Waals surface area contributed by atoms with Crippen molar-refractivity contribution in [1.82, 2.24) is 0 Å². The van der Waals surface area contributed by atoms with Crippen LogP contribution in [-0.4, -0.2) is 19.0 Å². The number of methoxy groups -OCH3 is 1. The van der Waals surface area contributed by atoms with E-state index in [1.54, 1.807) is 23.6 Å². The zero-order chi connectivity index (χ0) is 16.1. The van der Waals surface area contributed by atoms with E-state index >= 15 is 0 Å². The number of rotatable bonds is 4. The third-order valence-corrected chi connectivity index (χ3v) is 4.05. The summed E-state index contributed by atoms with van der Waals surface area (Å²) in [5, 5.41) is 4.23. The van der Waals surface area contributed by atoms with Crippen LogP contribution in [0, 0.1) is 5.82 Å². The first-order valence-corrected chi connectivity index (χ1v) is 7.78. The molecule has 0 aliphatic rings. The van der Waals surface area contributed by atoms with Gasteiger partial charge in [-0.3, -0.25) is 4.79 Å². The first-order valence-electron chi connectivity index (χ1n) is 6.11. The lowest BCUT2D eigenvalue weighted by Crippen LogP contribution is -2.10. The molecular formula is C15H11BrFNO3S. The summed E-state index contributed by atoms with van der Waals surface area (Å²) in [6.45, 7) is 0. The van der Waals surface area contributed by atoms with Crippen LogP contribution in [-0.2, 0) is 9.53 Å². The number of hydrogen-bond donors (Lipinski definition) is 1. The normalized spacial score (nSPS) is 10.7. The third kappa shape index (κ3) is 4.02. The van der Waals surface area contributed by atoms with Crippen molar-refractivity contribution < 1.29 is 18.7 Å². The number of carbonyl (C=O) groups excluding carboxylic acids is 2. The molecule has 0 unspecified atom stereocenters. The molecule has 0 aliphatic carbocycles. The first kappa shape index (κ1) is 16.4. The van der Waals surface area contributed by atoms with Crippen LogP contribution in [0.4, 0.5) is 10.1 Å². The van der Waals surface area contributed by atoms with Gasteiger partial charge in [0.2, 0.25) is 5.91 Å². The highest BCUT2D eigenvalue weighted by molar-refractivity contribution is 9.10. The number of hydrogen-bond acceptors (Lipinski definition) is 4. The quantitative estimate of drug-likeness (QED) is 0.638. The maximum Gasteiger partial charge on any atom is 0.350 e. The Morgan fingerprint density at radius 3 is 2.86 bits per heavy atom. The minimum absolute atomic E-state index is 0.281. The molecule has 0 saturated carbocycles. The molecular weight excluding hydrogens is 373 g/mol. The molecule has 2 aromatic rings. The number of ether oxygens (including phenoxy) is 1. The fourth-order valence-corrected chi connectivity index (χ4v) is 2.79. The van der Waals surface area contributed by atoms with Crippen LogP contribution in [0.3, 0.4) is 0 Å². The molecule has 0 fully saturated rings. The highest BCUT2D eigenvalue weighted by Crippen LogP contribution is 2.23. The molecule has 1 N–H and O–H groups in total. The largest absolute Gasteiger partial charge is 0.465 e. The molecule has 1 heterocycles. The van der Waals surface area contributed by atoms with E-state index in [4.69, 9.17) is 0 Å². The summed E-state index contributed by atoms with van der Waals surface area (Å²) in [6, 6.07) is 6.03. The molecule has 0 aliphatic heterocycles. The summed E-state index contributed by atoms with van der Waals surface area (Å²) in [5.74, 6) is -1.42. The van der Waals surface area contributed by atoms with Crippen molar-refractivity contribution in [2.75, 3.05) is 12.4 Å². The molecule has 1 aromatic heterocycles. The summed E-state index contributed by atoms with van der Waals surface area (Å²) >= 11 is 4.40. The van der Waals surface area contributed by atoms with Crippen molar-refractivity contribution in [3.8, 4) is 0 Å². The fourth-order valence-electron chi connectivity index (χ4n) is 1.64. The predicted molar refractivity (Wildman–Crippen MR) is 87.4 cm³/mol. The Balaban J connectivity index is 2.10. The number of carbonyl (C=O) groups is 2. The summed E-state index contributed by atoms with van der Waals surface area (Å²) in [6.07, 6.45) is 2.56. The second kappa shape index (κ2) is 7.33. The number of nitrogens with one attached hydrogen (secondary N) is 1. The van der Waals surface area contributed by atoms with Crippen molar-refractivity contribution in [3.05, 3.63) is 56.5 Å². The average Bonchev–Trinajstić information content (AvgIpc) is 2.95. The zero-order valence-electron chi connectivity index (χ0n) is 11.4. The standard InChI is InChI=1S/C15H11BrFNO3S/c1-21-15(20)14-12(6-7-22-14)18-13(19)5-2-9-8-10(16)3-4-11(9)17/h2-8H,1H3,(H,18,19)/b5-2+. The third-order valence-electron chi connectivity index (χ3n) is 2.67. The highest BCUT2D eigenvalue weighted by atomic mass is 79.9. The minimum atomic E-state index is -0.521. The highest BCUT2D eigenvalue weighted by Gasteiger charge is 2.14. The Morgan fingerprint density at radius 2 is 2.14 bits per heavy atom. The summed E-state index contributed by atoms with van der Waals surface area (Å²) in [7, 11) is 1.27. The second-order valence-corrected chi connectivity index (χ2v) is 5.98. The number of thiophene rings is 1. The molecule has 114 valence electrons. The van der Waals surface area contributed by atoms with E-state index in [1.807, 2.05) is 0 Å². The molecule has 0 atom stereocenters. The number of anilines is 1. The Bertz CT molecular complexity index is 742. The molecule has 0 bridgehead atoms. The molecule has 4 nitrogen and oxygen atoms in total. The SMILES string of the molecule is COC(=O)c1sccc1NC(=O)/C=C/c1cc(Br)ccc1F. The van der Waals surface area contributed by atoms with Crippen LogP contribution < -0.4 is 5.32 Å². The minimum Gasteiger partial charge on any atom is -0.465 e.